The zero-order chi connectivity index (χ0) is 18.6. The highest BCUT2D eigenvalue weighted by molar-refractivity contribution is 7.21. The molecule has 2 aromatic heterocycles. The Balaban J connectivity index is 1.53. The van der Waals surface area contributed by atoms with Crippen LogP contribution in [0.25, 0.3) is 10.2 Å². The molecule has 0 aromatic carbocycles. The second kappa shape index (κ2) is 5.91. The van der Waals surface area contributed by atoms with Crippen LogP contribution in [0.3, 0.4) is 0 Å². The van der Waals surface area contributed by atoms with Crippen LogP contribution in [-0.4, -0.2) is 17.1 Å². The van der Waals surface area contributed by atoms with E-state index in [0.717, 1.165) is 33.8 Å². The van der Waals surface area contributed by atoms with Crippen molar-refractivity contribution < 1.29 is 4.79 Å². The fraction of sp³-hybridized carbons (Fsp3) is 0.450. The first-order valence-electron chi connectivity index (χ1n) is 8.98. The molecule has 0 radical (unpaired) electrons. The molecule has 2 atom stereocenters. The van der Waals surface area contributed by atoms with Crippen molar-refractivity contribution in [2.24, 2.45) is 22.4 Å². The summed E-state index contributed by atoms with van der Waals surface area (Å²) in [6.45, 7) is 8.57. The highest BCUT2D eigenvalue weighted by Gasteiger charge is 2.50. The predicted molar refractivity (Wildman–Crippen MR) is 108 cm³/mol. The van der Waals surface area contributed by atoms with Crippen molar-refractivity contribution in [3.8, 4) is 0 Å². The van der Waals surface area contributed by atoms with E-state index in [2.05, 4.69) is 35.4 Å². The Kier molecular flexibility index (Phi) is 3.91. The lowest BCUT2D eigenvalue weighted by molar-refractivity contribution is -0.00126. The Morgan fingerprint density at radius 2 is 2.23 bits per heavy atom. The van der Waals surface area contributed by atoms with Crippen molar-refractivity contribution >= 4 is 39.4 Å². The number of allylic oxidation sites excluding steroid dienone is 2. The summed E-state index contributed by atoms with van der Waals surface area (Å²) in [4.78, 5) is 18.3. The molecule has 1 amide bonds. The Labute approximate surface area is 157 Å². The summed E-state index contributed by atoms with van der Waals surface area (Å²) in [7, 11) is 0. The van der Waals surface area contributed by atoms with Crippen molar-refractivity contribution in [2.45, 2.75) is 40.5 Å². The fourth-order valence-corrected chi connectivity index (χ4v) is 5.51. The number of carbonyl (C=O) groups is 1. The standard InChI is InChI=1S/C20H24N4OS/c1-10-7-11(2)23-19-15(10)16(21)17(26-19)18(25)24-22-9-12-5-6-13-8-14(12)20(13,3)4/h5,7,9,13-14H,6,8,21H2,1-4H3,(H,24,25). The Bertz CT molecular complexity index is 970. The van der Waals surface area contributed by atoms with Crippen LogP contribution in [0.2, 0.25) is 0 Å². The van der Waals surface area contributed by atoms with Crippen LogP contribution < -0.4 is 11.2 Å². The van der Waals surface area contributed by atoms with Gasteiger partial charge in [-0.2, -0.15) is 5.10 Å². The maximum atomic E-state index is 12.6. The van der Waals surface area contributed by atoms with Gasteiger partial charge in [-0.3, -0.25) is 4.79 Å². The number of aryl methyl sites for hydroxylation is 2. The lowest BCUT2D eigenvalue weighted by atomic mass is 9.49. The van der Waals surface area contributed by atoms with Gasteiger partial charge in [-0.25, -0.2) is 10.4 Å². The lowest BCUT2D eigenvalue weighted by Gasteiger charge is -2.55. The summed E-state index contributed by atoms with van der Waals surface area (Å²) in [5.41, 5.74) is 12.9. The van der Waals surface area contributed by atoms with E-state index in [1.165, 1.54) is 23.3 Å². The number of anilines is 1. The number of thiophene rings is 1. The first kappa shape index (κ1) is 17.2. The smallest absolute Gasteiger partial charge is 0.283 e. The number of nitrogen functional groups attached to an aromatic ring is 1. The van der Waals surface area contributed by atoms with Gasteiger partial charge in [-0.15, -0.1) is 11.3 Å². The van der Waals surface area contributed by atoms with E-state index in [4.69, 9.17) is 5.73 Å². The van der Waals surface area contributed by atoms with Crippen LogP contribution in [0, 0.1) is 31.1 Å². The molecule has 0 saturated heterocycles. The van der Waals surface area contributed by atoms with Crippen LogP contribution in [0.1, 0.15) is 47.6 Å². The van der Waals surface area contributed by atoms with E-state index in [-0.39, 0.29) is 5.91 Å². The number of rotatable bonds is 3. The van der Waals surface area contributed by atoms with Gasteiger partial charge >= 0.3 is 0 Å². The minimum atomic E-state index is -0.277. The molecule has 0 aliphatic heterocycles. The van der Waals surface area contributed by atoms with Crippen LogP contribution >= 0.6 is 11.3 Å². The van der Waals surface area contributed by atoms with Gasteiger partial charge < -0.3 is 5.73 Å². The molecule has 3 N–H and O–H groups in total. The second-order valence-corrected chi connectivity index (χ2v) is 9.05. The molecular weight excluding hydrogens is 344 g/mol. The van der Waals surface area contributed by atoms with Crippen LogP contribution in [0.4, 0.5) is 5.69 Å². The number of nitrogens with one attached hydrogen (secondary N) is 1. The van der Waals surface area contributed by atoms with E-state index in [0.29, 0.717) is 21.9 Å². The van der Waals surface area contributed by atoms with Gasteiger partial charge in [0.2, 0.25) is 0 Å². The van der Waals surface area contributed by atoms with E-state index >= 15 is 0 Å². The number of hydrogen-bond donors (Lipinski definition) is 2. The zero-order valence-corrected chi connectivity index (χ0v) is 16.4. The molecule has 26 heavy (non-hydrogen) atoms. The van der Waals surface area contributed by atoms with Crippen molar-refractivity contribution in [1.29, 1.82) is 0 Å². The first-order chi connectivity index (χ1) is 12.3. The van der Waals surface area contributed by atoms with Gasteiger partial charge in [0.25, 0.3) is 5.91 Å². The highest BCUT2D eigenvalue weighted by atomic mass is 32.1. The third kappa shape index (κ3) is 2.55. The molecule has 3 aliphatic carbocycles. The second-order valence-electron chi connectivity index (χ2n) is 8.05. The molecule has 136 valence electrons. The van der Waals surface area contributed by atoms with E-state index < -0.39 is 0 Å². The van der Waals surface area contributed by atoms with Crippen molar-refractivity contribution in [3.05, 3.63) is 33.9 Å². The Morgan fingerprint density at radius 1 is 1.46 bits per heavy atom. The predicted octanol–water partition coefficient (Wildman–Crippen LogP) is 4.20. The lowest BCUT2D eigenvalue weighted by Crippen LogP contribution is -2.48. The minimum Gasteiger partial charge on any atom is -0.397 e. The fourth-order valence-electron chi connectivity index (χ4n) is 4.40. The van der Waals surface area contributed by atoms with Crippen LogP contribution in [0.15, 0.2) is 22.8 Å². The average Bonchev–Trinajstić information content (AvgIpc) is 2.91. The van der Waals surface area contributed by atoms with E-state index in [9.17, 15) is 4.79 Å². The number of hydrogen-bond acceptors (Lipinski definition) is 5. The van der Waals surface area contributed by atoms with Gasteiger partial charge in [0.15, 0.2) is 0 Å². The largest absolute Gasteiger partial charge is 0.397 e. The zero-order valence-electron chi connectivity index (χ0n) is 15.6. The highest BCUT2D eigenvalue weighted by Crippen LogP contribution is 2.58. The summed E-state index contributed by atoms with van der Waals surface area (Å²) < 4.78 is 0. The molecule has 2 heterocycles. The summed E-state index contributed by atoms with van der Waals surface area (Å²) in [5, 5.41) is 5.07. The Hall–Kier alpha value is -2.21. The maximum Gasteiger partial charge on any atom is 0.283 e. The number of aromatic nitrogens is 1. The molecule has 5 rings (SSSR count). The number of pyridine rings is 1. The quantitative estimate of drug-likeness (QED) is 0.629. The maximum absolute atomic E-state index is 12.6. The number of carbonyl (C=O) groups excluding carboxylic acids is 1. The molecule has 6 heteroatoms. The van der Waals surface area contributed by atoms with Crippen LogP contribution in [-0.2, 0) is 0 Å². The van der Waals surface area contributed by atoms with Gasteiger partial charge in [0, 0.05) is 11.1 Å². The number of amides is 1. The van der Waals surface area contributed by atoms with Crippen molar-refractivity contribution in [3.63, 3.8) is 0 Å². The number of nitrogens with zero attached hydrogens (tertiary/aromatic N) is 2. The molecule has 3 aliphatic rings. The van der Waals surface area contributed by atoms with Gasteiger partial charge in [0.1, 0.15) is 9.71 Å². The topological polar surface area (TPSA) is 80.4 Å². The molecule has 1 saturated carbocycles. The third-order valence-electron chi connectivity index (χ3n) is 6.12. The average molecular weight is 369 g/mol. The number of fused-ring (bicyclic) bond motifs is 2. The summed E-state index contributed by atoms with van der Waals surface area (Å²) >= 11 is 1.32. The van der Waals surface area contributed by atoms with Gasteiger partial charge in [0.05, 0.1) is 11.9 Å². The molecule has 2 unspecified atom stereocenters. The molecule has 1 fully saturated rings. The monoisotopic (exact) mass is 368 g/mol. The van der Waals surface area contributed by atoms with E-state index in [1.54, 1.807) is 6.21 Å². The summed E-state index contributed by atoms with van der Waals surface area (Å²) in [6.07, 6.45) is 6.39. The Morgan fingerprint density at radius 3 is 2.92 bits per heavy atom. The summed E-state index contributed by atoms with van der Waals surface area (Å²) in [5.74, 6) is 1.06. The minimum absolute atomic E-state index is 0.277. The van der Waals surface area contributed by atoms with E-state index in [1.807, 2.05) is 19.9 Å². The van der Waals surface area contributed by atoms with Gasteiger partial charge in [-0.05, 0) is 61.1 Å². The molecular formula is C20H24N4OS. The SMILES string of the molecule is Cc1cc(C)c2c(N)c(C(=O)NN=CC3=CCC4CC3C4(C)C)sc2n1. The molecule has 2 aromatic rings. The normalized spacial score (nSPS) is 23.8. The summed E-state index contributed by atoms with van der Waals surface area (Å²) in [6, 6.07) is 1.98. The molecule has 5 nitrogen and oxygen atoms in total. The number of hydrazone groups is 1. The third-order valence-corrected chi connectivity index (χ3v) is 7.22. The number of nitrogens with two attached hydrogens (primary N) is 1. The van der Waals surface area contributed by atoms with Crippen molar-refractivity contribution in [1.82, 2.24) is 10.4 Å². The van der Waals surface area contributed by atoms with Crippen LogP contribution in [0.5, 0.6) is 0 Å². The molecule has 2 bridgehead atoms. The first-order valence-corrected chi connectivity index (χ1v) is 9.80. The van der Waals surface area contributed by atoms with Crippen molar-refractivity contribution in [2.75, 3.05) is 5.73 Å². The molecule has 0 spiro atoms. The van der Waals surface area contributed by atoms with Gasteiger partial charge in [-0.1, -0.05) is 19.9 Å².